The van der Waals surface area contributed by atoms with Crippen LogP contribution in [0.3, 0.4) is 0 Å². The van der Waals surface area contributed by atoms with Crippen molar-refractivity contribution in [2.75, 3.05) is 11.1 Å². The van der Waals surface area contributed by atoms with Crippen LogP contribution in [-0.4, -0.2) is 9.91 Å². The van der Waals surface area contributed by atoms with E-state index in [1.807, 2.05) is 12.1 Å². The standard InChI is InChI=1S/C14H19N3S/c1-14(2,16-13-10-12(15)17-18-13)9-8-11-6-4-3-5-7-11/h3-7,10,16H,8-9H2,1-2H3,(H2,15,17). The molecule has 3 N–H and O–H groups in total. The van der Waals surface area contributed by atoms with Crippen LogP contribution in [0.1, 0.15) is 25.8 Å². The summed E-state index contributed by atoms with van der Waals surface area (Å²) in [6.45, 7) is 4.40. The SMILES string of the molecule is CC(C)(CCc1ccccc1)Nc1cc(N)ns1. The lowest BCUT2D eigenvalue weighted by molar-refractivity contribution is 0.520. The molecule has 2 rings (SSSR count). The maximum absolute atomic E-state index is 5.62. The van der Waals surface area contributed by atoms with Gasteiger partial charge in [-0.15, -0.1) is 0 Å². The third kappa shape index (κ3) is 3.74. The third-order valence-corrected chi connectivity index (χ3v) is 3.59. The zero-order valence-electron chi connectivity index (χ0n) is 10.8. The number of nitrogens with zero attached hydrogens (tertiary/aromatic N) is 1. The highest BCUT2D eigenvalue weighted by molar-refractivity contribution is 7.10. The van der Waals surface area contributed by atoms with Crippen molar-refractivity contribution < 1.29 is 0 Å². The first kappa shape index (κ1) is 12.9. The topological polar surface area (TPSA) is 50.9 Å². The first-order valence-electron chi connectivity index (χ1n) is 6.09. The number of hydrogen-bond donors (Lipinski definition) is 2. The monoisotopic (exact) mass is 261 g/mol. The molecule has 0 saturated heterocycles. The third-order valence-electron chi connectivity index (χ3n) is 2.87. The molecule has 0 aliphatic heterocycles. The molecule has 1 aromatic carbocycles. The normalized spacial score (nSPS) is 11.4. The van der Waals surface area contributed by atoms with E-state index in [0.29, 0.717) is 5.82 Å². The number of aromatic nitrogens is 1. The average molecular weight is 261 g/mol. The number of benzene rings is 1. The molecule has 18 heavy (non-hydrogen) atoms. The van der Waals surface area contributed by atoms with Crippen LogP contribution < -0.4 is 11.1 Å². The Hall–Kier alpha value is -1.55. The fraction of sp³-hybridized carbons (Fsp3) is 0.357. The first-order chi connectivity index (χ1) is 8.55. The molecular formula is C14H19N3S. The summed E-state index contributed by atoms with van der Waals surface area (Å²) in [4.78, 5) is 0. The van der Waals surface area contributed by atoms with E-state index in [9.17, 15) is 0 Å². The Morgan fingerprint density at radius 2 is 2.00 bits per heavy atom. The lowest BCUT2D eigenvalue weighted by atomic mass is 9.95. The number of hydrogen-bond acceptors (Lipinski definition) is 4. The zero-order chi connectivity index (χ0) is 13.0. The van der Waals surface area contributed by atoms with Gasteiger partial charge in [0.25, 0.3) is 0 Å². The number of aryl methyl sites for hydroxylation is 1. The first-order valence-corrected chi connectivity index (χ1v) is 6.87. The smallest absolute Gasteiger partial charge is 0.139 e. The van der Waals surface area contributed by atoms with Crippen molar-refractivity contribution in [1.29, 1.82) is 0 Å². The number of nitrogen functional groups attached to an aromatic ring is 1. The minimum atomic E-state index is 0.0365. The molecule has 0 aliphatic carbocycles. The van der Waals surface area contributed by atoms with Crippen LogP contribution in [0.25, 0.3) is 0 Å². The van der Waals surface area contributed by atoms with Crippen LogP contribution in [0.5, 0.6) is 0 Å². The Morgan fingerprint density at radius 3 is 2.61 bits per heavy atom. The molecule has 3 nitrogen and oxygen atoms in total. The molecule has 0 amide bonds. The number of nitrogens with one attached hydrogen (secondary N) is 1. The van der Waals surface area contributed by atoms with Gasteiger partial charge in [-0.2, -0.15) is 4.37 Å². The van der Waals surface area contributed by atoms with Gasteiger partial charge in [-0.25, -0.2) is 0 Å². The highest BCUT2D eigenvalue weighted by atomic mass is 32.1. The summed E-state index contributed by atoms with van der Waals surface area (Å²) in [5.74, 6) is 0.585. The van der Waals surface area contributed by atoms with Gasteiger partial charge in [0.2, 0.25) is 0 Å². The molecule has 1 aromatic heterocycles. The van der Waals surface area contributed by atoms with Crippen LogP contribution in [0.2, 0.25) is 0 Å². The molecule has 0 radical (unpaired) electrons. The largest absolute Gasteiger partial charge is 0.383 e. The Kier molecular flexibility index (Phi) is 3.87. The summed E-state index contributed by atoms with van der Waals surface area (Å²) < 4.78 is 4.08. The lowest BCUT2D eigenvalue weighted by Crippen LogP contribution is -2.30. The maximum atomic E-state index is 5.62. The summed E-state index contributed by atoms with van der Waals surface area (Å²) in [6.07, 6.45) is 2.13. The van der Waals surface area contributed by atoms with Crippen LogP contribution >= 0.6 is 11.5 Å². The van der Waals surface area contributed by atoms with Gasteiger partial charge in [0, 0.05) is 11.6 Å². The van der Waals surface area contributed by atoms with Crippen LogP contribution in [-0.2, 0) is 6.42 Å². The van der Waals surface area contributed by atoms with Gasteiger partial charge >= 0.3 is 0 Å². The minimum Gasteiger partial charge on any atom is -0.383 e. The predicted octanol–water partition coefficient (Wildman–Crippen LogP) is 3.55. The number of rotatable bonds is 5. The molecular weight excluding hydrogens is 242 g/mol. The molecule has 96 valence electrons. The van der Waals surface area contributed by atoms with Crippen molar-refractivity contribution in [2.45, 2.75) is 32.2 Å². The van der Waals surface area contributed by atoms with E-state index in [2.05, 4.69) is 47.8 Å². The highest BCUT2D eigenvalue weighted by Gasteiger charge is 2.18. The molecule has 0 fully saturated rings. The van der Waals surface area contributed by atoms with E-state index in [-0.39, 0.29) is 5.54 Å². The van der Waals surface area contributed by atoms with E-state index >= 15 is 0 Å². The lowest BCUT2D eigenvalue weighted by Gasteiger charge is -2.26. The second-order valence-electron chi connectivity index (χ2n) is 5.11. The van der Waals surface area contributed by atoms with E-state index in [0.717, 1.165) is 17.8 Å². The Labute approximate surface area is 112 Å². The van der Waals surface area contributed by atoms with Crippen molar-refractivity contribution in [3.63, 3.8) is 0 Å². The summed E-state index contributed by atoms with van der Waals surface area (Å²) in [5, 5.41) is 4.52. The van der Waals surface area contributed by atoms with Gasteiger partial charge in [0.1, 0.15) is 10.8 Å². The van der Waals surface area contributed by atoms with Crippen LogP contribution in [0.4, 0.5) is 10.8 Å². The number of nitrogens with two attached hydrogens (primary N) is 1. The van der Waals surface area contributed by atoms with Gasteiger partial charge in [-0.1, -0.05) is 30.3 Å². The summed E-state index contributed by atoms with van der Waals surface area (Å²) in [6, 6.07) is 12.4. The van der Waals surface area contributed by atoms with E-state index in [4.69, 9.17) is 5.73 Å². The Balaban J connectivity index is 1.91. The van der Waals surface area contributed by atoms with Crippen LogP contribution in [0.15, 0.2) is 36.4 Å². The second-order valence-corrected chi connectivity index (χ2v) is 5.92. The Morgan fingerprint density at radius 1 is 1.28 bits per heavy atom. The van der Waals surface area contributed by atoms with Gasteiger partial charge < -0.3 is 11.1 Å². The molecule has 1 heterocycles. The van der Waals surface area contributed by atoms with E-state index in [1.165, 1.54) is 17.1 Å². The summed E-state index contributed by atoms with van der Waals surface area (Å²) in [7, 11) is 0. The molecule has 2 aromatic rings. The van der Waals surface area contributed by atoms with Gasteiger partial charge in [0.05, 0.1) is 0 Å². The number of anilines is 2. The van der Waals surface area contributed by atoms with Gasteiger partial charge in [0.15, 0.2) is 0 Å². The predicted molar refractivity (Wildman–Crippen MR) is 79.0 cm³/mol. The fourth-order valence-corrected chi connectivity index (χ4v) is 2.60. The fourth-order valence-electron chi connectivity index (χ4n) is 1.85. The van der Waals surface area contributed by atoms with Crippen molar-refractivity contribution in [2.24, 2.45) is 0 Å². The molecule has 0 bridgehead atoms. The van der Waals surface area contributed by atoms with E-state index < -0.39 is 0 Å². The molecule has 0 spiro atoms. The molecule has 0 unspecified atom stereocenters. The maximum Gasteiger partial charge on any atom is 0.139 e. The second kappa shape index (κ2) is 5.40. The Bertz CT molecular complexity index is 491. The van der Waals surface area contributed by atoms with E-state index in [1.54, 1.807) is 0 Å². The molecule has 0 atom stereocenters. The van der Waals surface area contributed by atoms with Crippen molar-refractivity contribution in [1.82, 2.24) is 4.37 Å². The zero-order valence-corrected chi connectivity index (χ0v) is 11.6. The molecule has 4 heteroatoms. The average Bonchev–Trinajstić information content (AvgIpc) is 2.73. The molecule has 0 saturated carbocycles. The molecule has 0 aliphatic rings. The highest BCUT2D eigenvalue weighted by Crippen LogP contribution is 2.24. The minimum absolute atomic E-state index is 0.0365. The van der Waals surface area contributed by atoms with Crippen molar-refractivity contribution in [3.05, 3.63) is 42.0 Å². The summed E-state index contributed by atoms with van der Waals surface area (Å²) in [5.41, 5.74) is 7.03. The van der Waals surface area contributed by atoms with Gasteiger partial charge in [-0.05, 0) is 43.8 Å². The summed E-state index contributed by atoms with van der Waals surface area (Å²) >= 11 is 1.41. The van der Waals surface area contributed by atoms with Gasteiger partial charge in [-0.3, -0.25) is 0 Å². The quantitative estimate of drug-likeness (QED) is 0.865. The van der Waals surface area contributed by atoms with Crippen molar-refractivity contribution in [3.8, 4) is 0 Å². The van der Waals surface area contributed by atoms with Crippen LogP contribution in [0, 0.1) is 0 Å². The van der Waals surface area contributed by atoms with Crippen molar-refractivity contribution >= 4 is 22.4 Å².